The highest BCUT2D eigenvalue weighted by Gasteiger charge is 2.19. The average molecular weight is 552 g/mol. The molecule has 0 radical (unpaired) electrons. The molecule has 0 atom stereocenters. The third-order valence-corrected chi connectivity index (χ3v) is 6.32. The molecule has 0 aliphatic rings. The number of carbonyl (C=O) groups is 1. The van der Waals surface area contributed by atoms with E-state index in [1.54, 1.807) is 24.8 Å². The maximum Gasteiger partial charge on any atom is 0.305 e. The van der Waals surface area contributed by atoms with Crippen LogP contribution in [0, 0.1) is 0 Å². The third kappa shape index (κ3) is 6.33. The van der Waals surface area contributed by atoms with Crippen molar-refractivity contribution in [3.8, 4) is 11.1 Å². The SMILES string of the molecule is CCOC(=O)CCCCc1c(COCc2cnccn2)nn2c(CC)ccc2c1-c1cncc(Br)c1. The van der Waals surface area contributed by atoms with Gasteiger partial charge in [0.05, 0.1) is 42.9 Å². The van der Waals surface area contributed by atoms with Gasteiger partial charge >= 0.3 is 5.97 Å². The van der Waals surface area contributed by atoms with E-state index in [2.05, 4.69) is 56.0 Å². The largest absolute Gasteiger partial charge is 0.466 e. The molecule has 4 aromatic rings. The highest BCUT2D eigenvalue weighted by Crippen LogP contribution is 2.34. The van der Waals surface area contributed by atoms with Crippen LogP contribution >= 0.6 is 15.9 Å². The molecule has 0 unspecified atom stereocenters. The molecular weight excluding hydrogens is 522 g/mol. The minimum Gasteiger partial charge on any atom is -0.466 e. The molecule has 4 heterocycles. The van der Waals surface area contributed by atoms with Gasteiger partial charge in [-0.05, 0) is 72.3 Å². The van der Waals surface area contributed by atoms with Crippen LogP contribution in [0.1, 0.15) is 55.8 Å². The number of nitrogens with zero attached hydrogens (tertiary/aromatic N) is 5. The molecule has 0 saturated heterocycles. The molecular formula is C27H30BrN5O3. The Kier molecular flexibility index (Phi) is 9.13. The Bertz CT molecular complexity index is 1310. The topological polar surface area (TPSA) is 91.5 Å². The average Bonchev–Trinajstić information content (AvgIpc) is 3.29. The van der Waals surface area contributed by atoms with Crippen LogP contribution in [-0.2, 0) is 40.3 Å². The summed E-state index contributed by atoms with van der Waals surface area (Å²) in [5.41, 5.74) is 6.99. The zero-order chi connectivity index (χ0) is 25.3. The van der Waals surface area contributed by atoms with E-state index in [9.17, 15) is 4.79 Å². The molecule has 0 aromatic carbocycles. The first kappa shape index (κ1) is 25.9. The van der Waals surface area contributed by atoms with Gasteiger partial charge in [0.1, 0.15) is 0 Å². The first-order valence-corrected chi connectivity index (χ1v) is 13.0. The summed E-state index contributed by atoms with van der Waals surface area (Å²) in [7, 11) is 0. The van der Waals surface area contributed by atoms with Gasteiger partial charge in [-0.25, -0.2) is 4.52 Å². The van der Waals surface area contributed by atoms with Gasteiger partial charge in [0.25, 0.3) is 0 Å². The molecule has 9 heteroatoms. The number of aromatic nitrogens is 5. The monoisotopic (exact) mass is 551 g/mol. The lowest BCUT2D eigenvalue weighted by atomic mass is 9.95. The van der Waals surface area contributed by atoms with Crippen molar-refractivity contribution in [2.24, 2.45) is 0 Å². The van der Waals surface area contributed by atoms with Crippen LogP contribution in [-0.4, -0.2) is 37.1 Å². The molecule has 0 saturated carbocycles. The summed E-state index contributed by atoms with van der Waals surface area (Å²) in [6.45, 7) is 5.02. The van der Waals surface area contributed by atoms with Crippen molar-refractivity contribution in [2.75, 3.05) is 6.61 Å². The number of fused-ring (bicyclic) bond motifs is 1. The normalized spacial score (nSPS) is 11.2. The molecule has 188 valence electrons. The molecule has 0 aliphatic carbocycles. The fourth-order valence-electron chi connectivity index (χ4n) is 4.24. The molecule has 4 rings (SSSR count). The second kappa shape index (κ2) is 12.7. The zero-order valence-corrected chi connectivity index (χ0v) is 22.2. The molecule has 8 nitrogen and oxygen atoms in total. The van der Waals surface area contributed by atoms with Crippen LogP contribution in [0.5, 0.6) is 0 Å². The van der Waals surface area contributed by atoms with Crippen molar-refractivity contribution in [3.63, 3.8) is 0 Å². The van der Waals surface area contributed by atoms with Crippen LogP contribution < -0.4 is 0 Å². The first-order valence-electron chi connectivity index (χ1n) is 12.2. The molecule has 36 heavy (non-hydrogen) atoms. The van der Waals surface area contributed by atoms with Crippen molar-refractivity contribution >= 4 is 27.4 Å². The van der Waals surface area contributed by atoms with Crippen molar-refractivity contribution in [3.05, 3.63) is 76.3 Å². The number of carbonyl (C=O) groups excluding carboxylic acids is 1. The number of rotatable bonds is 12. The standard InChI is InChI=1S/C27H30BrN5O3/c1-3-22-9-10-25-27(19-13-20(28)15-30-14-19)23(7-5-6-8-26(34)36-4-2)24(32-33(22)25)18-35-17-21-16-29-11-12-31-21/h9-16H,3-8,17-18H2,1-2H3. The quantitative estimate of drug-likeness (QED) is 0.169. The number of pyridine rings is 1. The Morgan fingerprint density at radius 2 is 1.94 bits per heavy atom. The predicted octanol–water partition coefficient (Wildman–Crippen LogP) is 5.50. The highest BCUT2D eigenvalue weighted by molar-refractivity contribution is 9.10. The number of hydrogen-bond acceptors (Lipinski definition) is 7. The Balaban J connectivity index is 1.71. The molecule has 0 amide bonds. The number of ether oxygens (including phenoxy) is 2. The summed E-state index contributed by atoms with van der Waals surface area (Å²) in [6.07, 6.45) is 12.2. The zero-order valence-electron chi connectivity index (χ0n) is 20.6. The molecule has 4 aromatic heterocycles. The smallest absolute Gasteiger partial charge is 0.305 e. The van der Waals surface area contributed by atoms with Crippen molar-refractivity contribution in [2.45, 2.75) is 59.2 Å². The fourth-order valence-corrected chi connectivity index (χ4v) is 4.61. The number of unbranched alkanes of at least 4 members (excludes halogenated alkanes) is 1. The highest BCUT2D eigenvalue weighted by atomic mass is 79.9. The Hall–Kier alpha value is -3.17. The van der Waals surface area contributed by atoms with Gasteiger partial charge in [-0.1, -0.05) is 6.92 Å². The fraction of sp³-hybridized carbons (Fsp3) is 0.370. The Labute approximate surface area is 219 Å². The molecule has 0 aliphatic heterocycles. The summed E-state index contributed by atoms with van der Waals surface area (Å²) in [5.74, 6) is -0.158. The van der Waals surface area contributed by atoms with E-state index in [0.717, 1.165) is 69.4 Å². The third-order valence-electron chi connectivity index (χ3n) is 5.88. The van der Waals surface area contributed by atoms with E-state index in [-0.39, 0.29) is 5.97 Å². The second-order valence-electron chi connectivity index (χ2n) is 8.37. The summed E-state index contributed by atoms with van der Waals surface area (Å²) in [5, 5.41) is 5.02. The molecule has 0 bridgehead atoms. The van der Waals surface area contributed by atoms with E-state index in [1.165, 1.54) is 0 Å². The van der Waals surface area contributed by atoms with Crippen LogP contribution in [0.4, 0.5) is 0 Å². The number of halogens is 1. The minimum atomic E-state index is -0.158. The van der Waals surface area contributed by atoms with E-state index in [0.29, 0.717) is 26.2 Å². The first-order chi connectivity index (χ1) is 17.6. The lowest BCUT2D eigenvalue weighted by Gasteiger charge is -2.18. The lowest BCUT2D eigenvalue weighted by Crippen LogP contribution is -2.11. The second-order valence-corrected chi connectivity index (χ2v) is 9.28. The predicted molar refractivity (Wildman–Crippen MR) is 140 cm³/mol. The summed E-state index contributed by atoms with van der Waals surface area (Å²) in [4.78, 5) is 24.7. The molecule has 0 N–H and O–H groups in total. The van der Waals surface area contributed by atoms with Gasteiger partial charge in [0, 0.05) is 52.5 Å². The van der Waals surface area contributed by atoms with Crippen LogP contribution in [0.25, 0.3) is 16.6 Å². The van der Waals surface area contributed by atoms with Gasteiger partial charge in [-0.15, -0.1) is 0 Å². The van der Waals surface area contributed by atoms with E-state index >= 15 is 0 Å². The van der Waals surface area contributed by atoms with Gasteiger partial charge in [-0.3, -0.25) is 19.7 Å². The van der Waals surface area contributed by atoms with E-state index in [4.69, 9.17) is 14.6 Å². The van der Waals surface area contributed by atoms with Gasteiger partial charge < -0.3 is 9.47 Å². The lowest BCUT2D eigenvalue weighted by molar-refractivity contribution is -0.143. The van der Waals surface area contributed by atoms with Crippen molar-refractivity contribution in [1.82, 2.24) is 24.6 Å². The van der Waals surface area contributed by atoms with E-state index < -0.39 is 0 Å². The van der Waals surface area contributed by atoms with Gasteiger partial charge in [-0.2, -0.15) is 5.10 Å². The molecule has 0 fully saturated rings. The number of aryl methyl sites for hydroxylation is 1. The Morgan fingerprint density at radius 3 is 2.69 bits per heavy atom. The van der Waals surface area contributed by atoms with Gasteiger partial charge in [0.2, 0.25) is 0 Å². The van der Waals surface area contributed by atoms with Crippen LogP contribution in [0.2, 0.25) is 0 Å². The van der Waals surface area contributed by atoms with E-state index in [1.807, 2.05) is 17.6 Å². The number of esters is 1. The summed E-state index contributed by atoms with van der Waals surface area (Å²) < 4.78 is 14.1. The Morgan fingerprint density at radius 1 is 1.06 bits per heavy atom. The van der Waals surface area contributed by atoms with Crippen LogP contribution in [0.3, 0.4) is 0 Å². The maximum absolute atomic E-state index is 11.9. The summed E-state index contributed by atoms with van der Waals surface area (Å²) in [6, 6.07) is 6.31. The molecule has 0 spiro atoms. The van der Waals surface area contributed by atoms with Crippen molar-refractivity contribution < 1.29 is 14.3 Å². The van der Waals surface area contributed by atoms with Gasteiger partial charge in [0.15, 0.2) is 0 Å². The summed E-state index contributed by atoms with van der Waals surface area (Å²) >= 11 is 3.57. The maximum atomic E-state index is 11.9. The van der Waals surface area contributed by atoms with Crippen molar-refractivity contribution in [1.29, 1.82) is 0 Å². The van der Waals surface area contributed by atoms with Crippen LogP contribution in [0.15, 0.2) is 53.7 Å². The minimum absolute atomic E-state index is 0.158. The number of hydrogen-bond donors (Lipinski definition) is 0.